The molecule has 2 aliphatic carbocycles. The van der Waals surface area contributed by atoms with Crippen LogP contribution in [0.2, 0.25) is 0 Å². The summed E-state index contributed by atoms with van der Waals surface area (Å²) in [5, 5.41) is 9.09. The third kappa shape index (κ3) is 1.61. The average Bonchev–Trinajstić information content (AvgIpc) is 2.28. The third-order valence-corrected chi connectivity index (χ3v) is 6.00. The van der Waals surface area contributed by atoms with Crippen LogP contribution in [0.1, 0.15) is 40.0 Å². The lowest BCUT2D eigenvalue weighted by Gasteiger charge is -2.66. The highest BCUT2D eigenvalue weighted by Crippen LogP contribution is 2.67. The van der Waals surface area contributed by atoms with Gasteiger partial charge in [-0.3, -0.25) is 4.79 Å². The van der Waals surface area contributed by atoms with Crippen molar-refractivity contribution in [3.8, 4) is 0 Å². The number of carboxylic acids is 1. The van der Waals surface area contributed by atoms with Gasteiger partial charge in [0.15, 0.2) is 0 Å². The van der Waals surface area contributed by atoms with Gasteiger partial charge < -0.3 is 10.8 Å². The van der Waals surface area contributed by atoms with Gasteiger partial charge in [0.1, 0.15) is 5.67 Å². The molecule has 4 heteroatoms. The Bertz CT molecular complexity index is 358. The average molecular weight is 257 g/mol. The zero-order valence-corrected chi connectivity index (χ0v) is 11.4. The van der Waals surface area contributed by atoms with Gasteiger partial charge in [-0.1, -0.05) is 13.8 Å². The van der Waals surface area contributed by atoms with Crippen molar-refractivity contribution in [3.05, 3.63) is 0 Å². The Labute approximate surface area is 108 Å². The Morgan fingerprint density at radius 1 is 1.44 bits per heavy atom. The van der Waals surface area contributed by atoms with Crippen LogP contribution in [0.5, 0.6) is 0 Å². The molecule has 2 fully saturated rings. The van der Waals surface area contributed by atoms with Crippen LogP contribution in [0.3, 0.4) is 0 Å². The SMILES string of the molecule is C[C@@H]1CC[C@H]2[C@H]([C@@H](C)[C@@]2(CN)CC(=O)O)C1(C)F. The maximum absolute atomic E-state index is 14.8. The van der Waals surface area contributed by atoms with Gasteiger partial charge >= 0.3 is 5.97 Å². The topological polar surface area (TPSA) is 63.3 Å². The minimum absolute atomic E-state index is 0.0239. The largest absolute Gasteiger partial charge is 0.481 e. The molecule has 2 rings (SSSR count). The van der Waals surface area contributed by atoms with Gasteiger partial charge in [0.05, 0.1) is 6.42 Å². The number of alkyl halides is 1. The fourth-order valence-electron chi connectivity index (χ4n) is 4.66. The molecule has 3 N–H and O–H groups in total. The van der Waals surface area contributed by atoms with Crippen LogP contribution in [0.4, 0.5) is 4.39 Å². The summed E-state index contributed by atoms with van der Waals surface area (Å²) in [5.74, 6) is -0.586. The van der Waals surface area contributed by atoms with Crippen molar-refractivity contribution in [1.29, 1.82) is 0 Å². The number of rotatable bonds is 3. The van der Waals surface area contributed by atoms with Gasteiger partial charge in [-0.25, -0.2) is 4.39 Å². The Hall–Kier alpha value is -0.640. The van der Waals surface area contributed by atoms with Crippen LogP contribution in [0.25, 0.3) is 0 Å². The molecule has 2 aliphatic rings. The van der Waals surface area contributed by atoms with Gasteiger partial charge in [0.2, 0.25) is 0 Å². The quantitative estimate of drug-likeness (QED) is 0.816. The summed E-state index contributed by atoms with van der Waals surface area (Å²) >= 11 is 0. The van der Waals surface area contributed by atoms with Crippen molar-refractivity contribution in [2.45, 2.75) is 45.7 Å². The van der Waals surface area contributed by atoms with Gasteiger partial charge in [0.25, 0.3) is 0 Å². The van der Waals surface area contributed by atoms with E-state index in [1.807, 2.05) is 13.8 Å². The van der Waals surface area contributed by atoms with E-state index in [-0.39, 0.29) is 35.5 Å². The summed E-state index contributed by atoms with van der Waals surface area (Å²) in [6.45, 7) is 5.98. The number of hydrogen-bond donors (Lipinski definition) is 2. The Balaban J connectivity index is 2.27. The van der Waals surface area contributed by atoms with E-state index in [2.05, 4.69) is 0 Å². The van der Waals surface area contributed by atoms with E-state index in [1.165, 1.54) is 0 Å². The molecule has 0 aromatic carbocycles. The standard InChI is InChI=1S/C14H24FNO2/c1-8-4-5-10-12(13(8,3)15)9(2)14(10,7-16)6-11(17)18/h8-10,12H,4-7,16H2,1-3H3,(H,17,18)/t8-,9-,10+,12+,13?,14+/m1/s1. The lowest BCUT2D eigenvalue weighted by Crippen LogP contribution is -2.68. The Kier molecular flexibility index (Phi) is 3.21. The molecule has 2 saturated carbocycles. The smallest absolute Gasteiger partial charge is 0.303 e. The Morgan fingerprint density at radius 2 is 2.06 bits per heavy atom. The highest BCUT2D eigenvalue weighted by molar-refractivity contribution is 5.68. The van der Waals surface area contributed by atoms with E-state index < -0.39 is 11.6 Å². The number of nitrogens with two attached hydrogens (primary N) is 1. The second-order valence-electron chi connectivity index (χ2n) is 6.56. The number of aliphatic carboxylic acids is 1. The second kappa shape index (κ2) is 4.19. The van der Waals surface area contributed by atoms with E-state index in [9.17, 15) is 9.18 Å². The fraction of sp³-hybridized carbons (Fsp3) is 0.929. The summed E-state index contributed by atoms with van der Waals surface area (Å²) in [5.41, 5.74) is 4.29. The molecule has 104 valence electrons. The number of carbonyl (C=O) groups is 1. The van der Waals surface area contributed by atoms with Crippen LogP contribution in [-0.4, -0.2) is 23.3 Å². The number of fused-ring (bicyclic) bond motifs is 1. The third-order valence-electron chi connectivity index (χ3n) is 6.00. The van der Waals surface area contributed by atoms with Crippen molar-refractivity contribution in [3.63, 3.8) is 0 Å². The predicted molar refractivity (Wildman–Crippen MR) is 67.8 cm³/mol. The molecule has 18 heavy (non-hydrogen) atoms. The van der Waals surface area contributed by atoms with Crippen LogP contribution in [0.15, 0.2) is 0 Å². The summed E-state index contributed by atoms with van der Waals surface area (Å²) in [6, 6.07) is 0. The summed E-state index contributed by atoms with van der Waals surface area (Å²) in [6.07, 6.45) is 1.83. The minimum Gasteiger partial charge on any atom is -0.481 e. The second-order valence-corrected chi connectivity index (χ2v) is 6.56. The van der Waals surface area contributed by atoms with Crippen molar-refractivity contribution >= 4 is 5.97 Å². The van der Waals surface area contributed by atoms with Crippen LogP contribution in [-0.2, 0) is 4.79 Å². The first-order valence-electron chi connectivity index (χ1n) is 6.88. The monoisotopic (exact) mass is 257 g/mol. The van der Waals surface area contributed by atoms with Crippen LogP contribution >= 0.6 is 0 Å². The normalized spacial score (nSPS) is 51.4. The number of hydrogen-bond acceptors (Lipinski definition) is 2. The molecule has 0 aliphatic heterocycles. The first-order chi connectivity index (χ1) is 8.27. The molecule has 1 unspecified atom stereocenters. The highest BCUT2D eigenvalue weighted by Gasteiger charge is 2.67. The molecular formula is C14H24FNO2. The highest BCUT2D eigenvalue weighted by atomic mass is 19.1. The molecule has 0 aromatic rings. The predicted octanol–water partition coefficient (Wildman–Crippen LogP) is 2.45. The maximum atomic E-state index is 14.8. The number of carboxylic acid groups (broad SMARTS) is 1. The Morgan fingerprint density at radius 3 is 2.56 bits per heavy atom. The maximum Gasteiger partial charge on any atom is 0.303 e. The molecule has 0 saturated heterocycles. The first kappa shape index (κ1) is 13.8. The summed E-state index contributed by atoms with van der Waals surface area (Å²) in [7, 11) is 0. The molecule has 3 nitrogen and oxygen atoms in total. The van der Waals surface area contributed by atoms with Gasteiger partial charge in [0, 0.05) is 0 Å². The summed E-state index contributed by atoms with van der Waals surface area (Å²) < 4.78 is 14.8. The lowest BCUT2D eigenvalue weighted by molar-refractivity contribution is -0.216. The summed E-state index contributed by atoms with van der Waals surface area (Å²) in [4.78, 5) is 11.1. The van der Waals surface area contributed by atoms with Gasteiger partial charge in [-0.2, -0.15) is 0 Å². The van der Waals surface area contributed by atoms with E-state index in [1.54, 1.807) is 6.92 Å². The van der Waals surface area contributed by atoms with E-state index >= 15 is 0 Å². The fourth-order valence-corrected chi connectivity index (χ4v) is 4.66. The molecule has 6 atom stereocenters. The first-order valence-corrected chi connectivity index (χ1v) is 6.88. The lowest BCUT2D eigenvalue weighted by atomic mass is 9.39. The number of halogens is 1. The van der Waals surface area contributed by atoms with Crippen molar-refractivity contribution in [1.82, 2.24) is 0 Å². The van der Waals surface area contributed by atoms with E-state index in [0.29, 0.717) is 6.54 Å². The van der Waals surface area contributed by atoms with Gasteiger partial charge in [-0.15, -0.1) is 0 Å². The van der Waals surface area contributed by atoms with Crippen molar-refractivity contribution in [2.75, 3.05) is 6.54 Å². The van der Waals surface area contributed by atoms with Crippen molar-refractivity contribution < 1.29 is 14.3 Å². The minimum atomic E-state index is -1.18. The molecule has 0 amide bonds. The van der Waals surface area contributed by atoms with Crippen molar-refractivity contribution in [2.24, 2.45) is 34.8 Å². The van der Waals surface area contributed by atoms with E-state index in [4.69, 9.17) is 10.8 Å². The molecule has 0 spiro atoms. The molecular weight excluding hydrogens is 233 g/mol. The van der Waals surface area contributed by atoms with Crippen LogP contribution in [0, 0.1) is 29.1 Å². The molecule has 0 bridgehead atoms. The molecule has 0 heterocycles. The zero-order valence-electron chi connectivity index (χ0n) is 11.4. The molecule has 0 radical (unpaired) electrons. The van der Waals surface area contributed by atoms with Gasteiger partial charge in [-0.05, 0) is 55.4 Å². The van der Waals surface area contributed by atoms with E-state index in [0.717, 1.165) is 12.8 Å². The molecule has 0 aromatic heterocycles. The van der Waals surface area contributed by atoms with Crippen LogP contribution < -0.4 is 5.73 Å². The zero-order chi connectivity index (χ0) is 13.7.